The molecule has 6 nitrogen and oxygen atoms in total. The molecule has 0 spiro atoms. The summed E-state index contributed by atoms with van der Waals surface area (Å²) >= 11 is 6.36. The van der Waals surface area contributed by atoms with Crippen molar-refractivity contribution in [3.05, 3.63) is 65.4 Å². The molecule has 1 N–H and O–H groups in total. The Morgan fingerprint density at radius 3 is 2.41 bits per heavy atom. The molecular formula is C24H25ClN4O2S. The number of hydrogen-bond acceptors (Lipinski definition) is 5. The van der Waals surface area contributed by atoms with Gasteiger partial charge in [0.25, 0.3) is 10.0 Å². The number of rotatable bonds is 4. The number of piperazine rings is 1. The number of hydrogen-bond donors (Lipinski definition) is 1. The Kier molecular flexibility index (Phi) is 5.35. The summed E-state index contributed by atoms with van der Waals surface area (Å²) in [6.07, 6.45) is 0. The van der Waals surface area contributed by atoms with Crippen LogP contribution in [0.15, 0.2) is 59.5 Å². The predicted molar refractivity (Wildman–Crippen MR) is 130 cm³/mol. The van der Waals surface area contributed by atoms with Crippen molar-refractivity contribution in [2.45, 2.75) is 24.7 Å². The number of nitrogens with zero attached hydrogens (tertiary/aromatic N) is 3. The SMILES string of the molecule is CC(C)c1nc2c(N3CCNCC3)cccc2n1S(=O)(=O)c1cccc2c(Cl)cccc12. The Morgan fingerprint density at radius 2 is 1.66 bits per heavy atom. The molecule has 166 valence electrons. The molecule has 4 aromatic rings. The number of benzene rings is 3. The zero-order chi connectivity index (χ0) is 22.5. The highest BCUT2D eigenvalue weighted by molar-refractivity contribution is 7.90. The van der Waals surface area contributed by atoms with Crippen LogP contribution in [0.5, 0.6) is 0 Å². The van der Waals surface area contributed by atoms with Crippen molar-refractivity contribution < 1.29 is 8.42 Å². The summed E-state index contributed by atoms with van der Waals surface area (Å²) in [5.41, 5.74) is 2.30. The largest absolute Gasteiger partial charge is 0.367 e. The number of halogens is 1. The van der Waals surface area contributed by atoms with Crippen LogP contribution in [0.25, 0.3) is 21.8 Å². The predicted octanol–water partition coefficient (Wildman–Crippen LogP) is 4.61. The van der Waals surface area contributed by atoms with E-state index in [1.54, 1.807) is 30.3 Å². The molecule has 8 heteroatoms. The van der Waals surface area contributed by atoms with E-state index in [2.05, 4.69) is 10.2 Å². The third-order valence-corrected chi connectivity index (χ3v) is 8.07. The minimum Gasteiger partial charge on any atom is -0.367 e. The molecule has 0 radical (unpaired) electrons. The molecule has 0 bridgehead atoms. The van der Waals surface area contributed by atoms with E-state index < -0.39 is 10.0 Å². The van der Waals surface area contributed by atoms with E-state index >= 15 is 0 Å². The third kappa shape index (κ3) is 3.36. The lowest BCUT2D eigenvalue weighted by Gasteiger charge is -2.29. The van der Waals surface area contributed by atoms with E-state index in [0.717, 1.165) is 37.4 Å². The van der Waals surface area contributed by atoms with Gasteiger partial charge in [0.1, 0.15) is 11.3 Å². The van der Waals surface area contributed by atoms with Crippen LogP contribution in [0.3, 0.4) is 0 Å². The van der Waals surface area contributed by atoms with E-state index in [1.807, 2.05) is 38.1 Å². The summed E-state index contributed by atoms with van der Waals surface area (Å²) in [4.78, 5) is 7.37. The van der Waals surface area contributed by atoms with E-state index in [1.165, 1.54) is 3.97 Å². The van der Waals surface area contributed by atoms with Crippen LogP contribution >= 0.6 is 11.6 Å². The van der Waals surface area contributed by atoms with Gasteiger partial charge in [-0.25, -0.2) is 17.4 Å². The molecular weight excluding hydrogens is 444 g/mol. The lowest BCUT2D eigenvalue weighted by atomic mass is 10.1. The van der Waals surface area contributed by atoms with Crippen LogP contribution in [0, 0.1) is 0 Å². The molecule has 3 aromatic carbocycles. The first-order valence-corrected chi connectivity index (χ1v) is 12.6. The van der Waals surface area contributed by atoms with Crippen molar-refractivity contribution in [2.75, 3.05) is 31.1 Å². The molecule has 0 atom stereocenters. The van der Waals surface area contributed by atoms with Gasteiger partial charge in [0.05, 0.1) is 16.1 Å². The first-order chi connectivity index (χ1) is 15.4. The van der Waals surface area contributed by atoms with Crippen LogP contribution in [-0.4, -0.2) is 43.6 Å². The summed E-state index contributed by atoms with van der Waals surface area (Å²) in [5.74, 6) is 0.452. The third-order valence-electron chi connectivity index (χ3n) is 5.97. The molecule has 5 rings (SSSR count). The second-order valence-corrected chi connectivity index (χ2v) is 10.5. The molecule has 1 aliphatic rings. The maximum Gasteiger partial charge on any atom is 0.270 e. The van der Waals surface area contributed by atoms with E-state index in [9.17, 15) is 8.42 Å². The first-order valence-electron chi connectivity index (χ1n) is 10.8. The fourth-order valence-electron chi connectivity index (χ4n) is 4.42. The van der Waals surface area contributed by atoms with Gasteiger partial charge >= 0.3 is 0 Å². The number of nitrogens with one attached hydrogen (secondary N) is 1. The topological polar surface area (TPSA) is 67.2 Å². The van der Waals surface area contributed by atoms with E-state index in [-0.39, 0.29) is 10.8 Å². The molecule has 0 aliphatic carbocycles. The summed E-state index contributed by atoms with van der Waals surface area (Å²) in [7, 11) is -3.92. The van der Waals surface area contributed by atoms with Crippen molar-refractivity contribution >= 4 is 49.1 Å². The molecule has 0 amide bonds. The molecule has 1 aliphatic heterocycles. The van der Waals surface area contributed by atoms with Gasteiger partial charge in [-0.2, -0.15) is 0 Å². The average molecular weight is 469 g/mol. The highest BCUT2D eigenvalue weighted by Gasteiger charge is 2.29. The monoisotopic (exact) mass is 468 g/mol. The Bertz CT molecular complexity index is 1420. The minimum atomic E-state index is -3.92. The molecule has 1 saturated heterocycles. The van der Waals surface area contributed by atoms with Gasteiger partial charge in [0, 0.05) is 47.9 Å². The van der Waals surface area contributed by atoms with Gasteiger partial charge in [-0.15, -0.1) is 0 Å². The maximum atomic E-state index is 14.1. The van der Waals surface area contributed by atoms with Crippen molar-refractivity contribution in [1.29, 1.82) is 0 Å². The fourth-order valence-corrected chi connectivity index (χ4v) is 6.47. The second kappa shape index (κ2) is 8.06. The Labute approximate surface area is 192 Å². The van der Waals surface area contributed by atoms with E-state index in [0.29, 0.717) is 27.1 Å². The van der Waals surface area contributed by atoms with Crippen LogP contribution < -0.4 is 10.2 Å². The van der Waals surface area contributed by atoms with Crippen molar-refractivity contribution in [1.82, 2.24) is 14.3 Å². The molecule has 0 unspecified atom stereocenters. The van der Waals surface area contributed by atoms with Gasteiger partial charge < -0.3 is 10.2 Å². The summed E-state index contributed by atoms with van der Waals surface area (Å²) in [6, 6.07) is 16.4. The highest BCUT2D eigenvalue weighted by atomic mass is 35.5. The van der Waals surface area contributed by atoms with Gasteiger partial charge in [0.2, 0.25) is 0 Å². The zero-order valence-electron chi connectivity index (χ0n) is 18.0. The molecule has 2 heterocycles. The molecule has 32 heavy (non-hydrogen) atoms. The van der Waals surface area contributed by atoms with Crippen LogP contribution in [-0.2, 0) is 10.0 Å². The quantitative estimate of drug-likeness (QED) is 0.473. The maximum absolute atomic E-state index is 14.1. The van der Waals surface area contributed by atoms with Crippen molar-refractivity contribution in [2.24, 2.45) is 0 Å². The lowest BCUT2D eigenvalue weighted by Crippen LogP contribution is -2.43. The normalized spacial score (nSPS) is 15.2. The fraction of sp³-hybridized carbons (Fsp3) is 0.292. The lowest BCUT2D eigenvalue weighted by molar-refractivity contribution is 0.584. The number of fused-ring (bicyclic) bond motifs is 2. The number of anilines is 1. The van der Waals surface area contributed by atoms with E-state index in [4.69, 9.17) is 16.6 Å². The molecule has 0 saturated carbocycles. The Hall–Kier alpha value is -2.61. The van der Waals surface area contributed by atoms with Gasteiger partial charge in [-0.3, -0.25) is 0 Å². The Morgan fingerprint density at radius 1 is 0.969 bits per heavy atom. The van der Waals surface area contributed by atoms with Gasteiger partial charge in [-0.1, -0.05) is 55.8 Å². The number of imidazole rings is 1. The average Bonchev–Trinajstić information content (AvgIpc) is 3.21. The van der Waals surface area contributed by atoms with Crippen LogP contribution in [0.1, 0.15) is 25.6 Å². The smallest absolute Gasteiger partial charge is 0.270 e. The first kappa shape index (κ1) is 21.2. The molecule has 1 aromatic heterocycles. The number of aromatic nitrogens is 2. The van der Waals surface area contributed by atoms with Gasteiger partial charge in [-0.05, 0) is 24.3 Å². The van der Waals surface area contributed by atoms with Crippen LogP contribution in [0.4, 0.5) is 5.69 Å². The summed E-state index contributed by atoms with van der Waals surface area (Å²) in [6.45, 7) is 7.44. The van der Waals surface area contributed by atoms with Crippen molar-refractivity contribution in [3.8, 4) is 0 Å². The van der Waals surface area contributed by atoms with Crippen LogP contribution in [0.2, 0.25) is 5.02 Å². The Balaban J connectivity index is 1.79. The number of para-hydroxylation sites is 1. The van der Waals surface area contributed by atoms with Crippen molar-refractivity contribution in [3.63, 3.8) is 0 Å². The second-order valence-electron chi connectivity index (χ2n) is 8.37. The summed E-state index contributed by atoms with van der Waals surface area (Å²) in [5, 5.41) is 5.21. The highest BCUT2D eigenvalue weighted by Crippen LogP contribution is 2.35. The van der Waals surface area contributed by atoms with Gasteiger partial charge in [0.15, 0.2) is 0 Å². The molecule has 1 fully saturated rings. The standard InChI is InChI=1S/C24H25ClN4O2S/c1-16(2)24-27-23-20(28-14-12-26-13-15-28)9-5-10-21(23)29(24)32(30,31)22-11-4-6-17-18(22)7-3-8-19(17)25/h3-11,16,26H,12-15H2,1-2H3. The summed E-state index contributed by atoms with van der Waals surface area (Å²) < 4.78 is 29.6. The zero-order valence-corrected chi connectivity index (χ0v) is 19.6. The minimum absolute atomic E-state index is 0.0772.